The van der Waals surface area contributed by atoms with Gasteiger partial charge in [-0.2, -0.15) is 16.4 Å². The van der Waals surface area contributed by atoms with Crippen LogP contribution >= 0.6 is 11.3 Å². The molecular weight excluding hydrogens is 254 g/mol. The Morgan fingerprint density at radius 3 is 2.79 bits per heavy atom. The quantitative estimate of drug-likeness (QED) is 0.745. The first-order chi connectivity index (χ1) is 9.43. The van der Waals surface area contributed by atoms with E-state index in [9.17, 15) is 0 Å². The van der Waals surface area contributed by atoms with Crippen LogP contribution in [0.5, 0.6) is 0 Å². The van der Waals surface area contributed by atoms with Crippen LogP contribution in [0.3, 0.4) is 0 Å². The molecule has 3 aromatic rings. The first-order valence-corrected chi connectivity index (χ1v) is 7.17. The van der Waals surface area contributed by atoms with Crippen LogP contribution in [0.2, 0.25) is 0 Å². The minimum Gasteiger partial charge on any atom is -0.308 e. The van der Waals surface area contributed by atoms with Gasteiger partial charge in [-0.1, -0.05) is 30.3 Å². The van der Waals surface area contributed by atoms with Crippen molar-refractivity contribution in [3.63, 3.8) is 0 Å². The molecular formula is C15H15N3S. The second-order valence-corrected chi connectivity index (χ2v) is 5.15. The van der Waals surface area contributed by atoms with E-state index >= 15 is 0 Å². The second kappa shape index (κ2) is 5.82. The Morgan fingerprint density at radius 2 is 2.00 bits per heavy atom. The van der Waals surface area contributed by atoms with Gasteiger partial charge in [0.25, 0.3) is 0 Å². The van der Waals surface area contributed by atoms with E-state index in [0.717, 1.165) is 18.8 Å². The molecule has 3 rings (SSSR count). The zero-order valence-electron chi connectivity index (χ0n) is 10.5. The molecule has 96 valence electrons. The lowest BCUT2D eigenvalue weighted by Crippen LogP contribution is -2.12. The molecule has 2 heterocycles. The third-order valence-corrected chi connectivity index (χ3v) is 3.74. The molecule has 0 saturated heterocycles. The van der Waals surface area contributed by atoms with Crippen molar-refractivity contribution >= 4 is 11.3 Å². The van der Waals surface area contributed by atoms with Crippen molar-refractivity contribution in [3.05, 3.63) is 64.5 Å². The van der Waals surface area contributed by atoms with Gasteiger partial charge in [-0.05, 0) is 28.0 Å². The molecule has 1 aromatic carbocycles. The fourth-order valence-corrected chi connectivity index (χ4v) is 2.70. The lowest BCUT2D eigenvalue weighted by Gasteiger charge is -2.05. The average Bonchev–Trinajstić information content (AvgIpc) is 3.11. The predicted molar refractivity (Wildman–Crippen MR) is 78.9 cm³/mol. The lowest BCUT2D eigenvalue weighted by atomic mass is 10.1. The molecule has 0 unspecified atom stereocenters. The molecule has 3 nitrogen and oxygen atoms in total. The standard InChI is InChI=1S/C15H15N3S/c1-2-4-13(5-3-1)15-14(10-17-18-15)9-16-8-12-6-7-19-11-12/h1-7,10-11,16H,8-9H2,(H,17,18). The molecule has 0 aliphatic heterocycles. The molecule has 19 heavy (non-hydrogen) atoms. The number of hydrogen-bond donors (Lipinski definition) is 2. The van der Waals surface area contributed by atoms with Gasteiger partial charge in [-0.3, -0.25) is 5.10 Å². The van der Waals surface area contributed by atoms with Crippen LogP contribution < -0.4 is 5.32 Å². The van der Waals surface area contributed by atoms with Gasteiger partial charge in [0, 0.05) is 18.7 Å². The fraction of sp³-hybridized carbons (Fsp3) is 0.133. The fourth-order valence-electron chi connectivity index (χ4n) is 2.03. The van der Waals surface area contributed by atoms with Gasteiger partial charge in [-0.25, -0.2) is 0 Å². The average molecular weight is 269 g/mol. The van der Waals surface area contributed by atoms with E-state index in [0.29, 0.717) is 0 Å². The minimum atomic E-state index is 0.816. The summed E-state index contributed by atoms with van der Waals surface area (Å²) in [6.07, 6.45) is 1.89. The maximum atomic E-state index is 4.15. The van der Waals surface area contributed by atoms with Gasteiger partial charge in [-0.15, -0.1) is 0 Å². The number of aromatic amines is 1. The van der Waals surface area contributed by atoms with Crippen LogP contribution in [0.1, 0.15) is 11.1 Å². The van der Waals surface area contributed by atoms with Gasteiger partial charge in [0.1, 0.15) is 0 Å². The highest BCUT2D eigenvalue weighted by atomic mass is 32.1. The van der Waals surface area contributed by atoms with Crippen LogP contribution in [-0.4, -0.2) is 10.2 Å². The molecule has 0 aliphatic carbocycles. The Labute approximate surface area is 116 Å². The Kier molecular flexibility index (Phi) is 3.72. The van der Waals surface area contributed by atoms with E-state index in [-0.39, 0.29) is 0 Å². The third kappa shape index (κ3) is 2.92. The van der Waals surface area contributed by atoms with Crippen molar-refractivity contribution in [2.75, 3.05) is 0 Å². The summed E-state index contributed by atoms with van der Waals surface area (Å²) in [4.78, 5) is 0. The van der Waals surface area contributed by atoms with Gasteiger partial charge >= 0.3 is 0 Å². The number of aromatic nitrogens is 2. The largest absolute Gasteiger partial charge is 0.308 e. The Balaban J connectivity index is 1.67. The Morgan fingerprint density at radius 1 is 1.11 bits per heavy atom. The van der Waals surface area contributed by atoms with Crippen molar-refractivity contribution in [1.29, 1.82) is 0 Å². The third-order valence-electron chi connectivity index (χ3n) is 3.00. The monoisotopic (exact) mass is 269 g/mol. The smallest absolute Gasteiger partial charge is 0.0695 e. The number of thiophene rings is 1. The summed E-state index contributed by atoms with van der Waals surface area (Å²) in [5, 5.41) is 14.9. The maximum Gasteiger partial charge on any atom is 0.0695 e. The van der Waals surface area contributed by atoms with Crippen molar-refractivity contribution in [2.45, 2.75) is 13.1 Å². The molecule has 0 saturated carbocycles. The Hall–Kier alpha value is -1.91. The van der Waals surface area contributed by atoms with Crippen molar-refractivity contribution in [2.24, 2.45) is 0 Å². The van der Waals surface area contributed by atoms with Crippen LogP contribution in [0.15, 0.2) is 53.4 Å². The molecule has 0 fully saturated rings. The van der Waals surface area contributed by atoms with E-state index in [1.54, 1.807) is 11.3 Å². The molecule has 0 aliphatic rings. The zero-order valence-corrected chi connectivity index (χ0v) is 11.3. The predicted octanol–water partition coefficient (Wildman–Crippen LogP) is 3.43. The van der Waals surface area contributed by atoms with E-state index in [1.807, 2.05) is 24.4 Å². The highest BCUT2D eigenvalue weighted by Gasteiger charge is 2.06. The van der Waals surface area contributed by atoms with E-state index in [4.69, 9.17) is 0 Å². The molecule has 2 N–H and O–H groups in total. The summed E-state index contributed by atoms with van der Waals surface area (Å²) in [7, 11) is 0. The highest BCUT2D eigenvalue weighted by Crippen LogP contribution is 2.20. The Bertz CT molecular complexity index is 614. The van der Waals surface area contributed by atoms with E-state index in [1.165, 1.54) is 16.7 Å². The number of H-pyrrole nitrogens is 1. The van der Waals surface area contributed by atoms with Crippen LogP contribution in [-0.2, 0) is 13.1 Å². The summed E-state index contributed by atoms with van der Waals surface area (Å²) in [5.74, 6) is 0. The summed E-state index contributed by atoms with van der Waals surface area (Å²) >= 11 is 1.73. The lowest BCUT2D eigenvalue weighted by molar-refractivity contribution is 0.696. The van der Waals surface area contributed by atoms with Crippen molar-refractivity contribution < 1.29 is 0 Å². The normalized spacial score (nSPS) is 10.7. The number of nitrogens with zero attached hydrogens (tertiary/aromatic N) is 1. The molecule has 0 radical (unpaired) electrons. The van der Waals surface area contributed by atoms with Gasteiger partial charge < -0.3 is 5.32 Å². The molecule has 0 bridgehead atoms. The van der Waals surface area contributed by atoms with Gasteiger partial charge in [0.05, 0.1) is 11.9 Å². The zero-order chi connectivity index (χ0) is 12.9. The number of rotatable bonds is 5. The molecule has 0 atom stereocenters. The summed E-state index contributed by atoms with van der Waals surface area (Å²) in [5.41, 5.74) is 4.79. The molecule has 0 spiro atoms. The first-order valence-electron chi connectivity index (χ1n) is 6.23. The molecule has 2 aromatic heterocycles. The SMILES string of the molecule is c1ccc(-c2[nH]ncc2CNCc2ccsc2)cc1. The van der Waals surface area contributed by atoms with Crippen molar-refractivity contribution in [3.8, 4) is 11.3 Å². The van der Waals surface area contributed by atoms with E-state index < -0.39 is 0 Å². The maximum absolute atomic E-state index is 4.15. The van der Waals surface area contributed by atoms with E-state index in [2.05, 4.69) is 44.5 Å². The summed E-state index contributed by atoms with van der Waals surface area (Å²) in [6, 6.07) is 12.4. The molecule has 4 heteroatoms. The minimum absolute atomic E-state index is 0.816. The van der Waals surface area contributed by atoms with Crippen LogP contribution in [0.4, 0.5) is 0 Å². The van der Waals surface area contributed by atoms with Gasteiger partial charge in [0.15, 0.2) is 0 Å². The summed E-state index contributed by atoms with van der Waals surface area (Å²) < 4.78 is 0. The van der Waals surface area contributed by atoms with Crippen molar-refractivity contribution in [1.82, 2.24) is 15.5 Å². The van der Waals surface area contributed by atoms with Crippen LogP contribution in [0.25, 0.3) is 11.3 Å². The first kappa shape index (κ1) is 12.1. The van der Waals surface area contributed by atoms with Crippen LogP contribution in [0, 0.1) is 0 Å². The number of hydrogen-bond acceptors (Lipinski definition) is 3. The number of benzene rings is 1. The highest BCUT2D eigenvalue weighted by molar-refractivity contribution is 7.07. The topological polar surface area (TPSA) is 40.7 Å². The second-order valence-electron chi connectivity index (χ2n) is 4.37. The summed E-state index contributed by atoms with van der Waals surface area (Å²) in [6.45, 7) is 1.71. The molecule has 0 amide bonds. The van der Waals surface area contributed by atoms with Gasteiger partial charge in [0.2, 0.25) is 0 Å². The number of nitrogens with one attached hydrogen (secondary N) is 2.